The first-order valence-corrected chi connectivity index (χ1v) is 9.11. The van der Waals surface area contributed by atoms with Crippen LogP contribution in [0.2, 0.25) is 5.02 Å². The first-order chi connectivity index (χ1) is 11.0. The van der Waals surface area contributed by atoms with Crippen LogP contribution in [-0.2, 0) is 0 Å². The van der Waals surface area contributed by atoms with Gasteiger partial charge in [0.2, 0.25) is 0 Å². The van der Waals surface area contributed by atoms with E-state index >= 15 is 0 Å². The number of aliphatic imine (C=N–C) groups is 1. The fraction of sp³-hybridized carbons (Fsp3) is 0.556. The van der Waals surface area contributed by atoms with Crippen molar-refractivity contribution in [3.8, 4) is 5.75 Å². The van der Waals surface area contributed by atoms with E-state index in [1.165, 1.54) is 7.11 Å². The number of benzene rings is 1. The monoisotopic (exact) mass is 368 g/mol. The van der Waals surface area contributed by atoms with Gasteiger partial charge in [-0.1, -0.05) is 44.1 Å². The third-order valence-electron chi connectivity index (χ3n) is 3.46. The molecule has 1 heterocycles. The molecular weight excluding hydrogens is 344 g/mol. The molecule has 0 N–H and O–H groups in total. The highest BCUT2D eigenvalue weighted by Gasteiger charge is 2.37. The number of carbonyl (C=O) groups is 1. The Bertz CT molecular complexity index is 665. The Hall–Kier alpha value is -1.20. The molecule has 1 amide bonds. The van der Waals surface area contributed by atoms with Crippen molar-refractivity contribution < 1.29 is 9.53 Å². The molecular formula is C18H25ClN2O2S. The Labute approximate surface area is 153 Å². The normalized spacial score (nSPS) is 19.0. The number of thioether (sulfide) groups is 1. The van der Waals surface area contributed by atoms with E-state index in [0.717, 1.165) is 18.3 Å². The van der Waals surface area contributed by atoms with Gasteiger partial charge in [-0.3, -0.25) is 4.79 Å². The third kappa shape index (κ3) is 4.90. The smallest absolute Gasteiger partial charge is 0.283 e. The third-order valence-corrected chi connectivity index (χ3v) is 4.91. The van der Waals surface area contributed by atoms with Crippen LogP contribution in [0.25, 0.3) is 0 Å². The standard InChI is InChI=1S/C18H25ClN2O2S/c1-17(2,3)10-21-11-18(4,5)24-16(21)20-15(22)13-9-12(19)7-8-14(13)23-6/h7-9H,10-11H2,1-6H3/b20-16-. The van der Waals surface area contributed by atoms with Crippen LogP contribution < -0.4 is 4.74 Å². The zero-order valence-electron chi connectivity index (χ0n) is 15.1. The molecule has 24 heavy (non-hydrogen) atoms. The lowest BCUT2D eigenvalue weighted by molar-refractivity contribution is 0.0998. The quantitative estimate of drug-likeness (QED) is 0.774. The van der Waals surface area contributed by atoms with E-state index in [0.29, 0.717) is 16.3 Å². The van der Waals surface area contributed by atoms with Crippen molar-refractivity contribution in [2.24, 2.45) is 10.4 Å². The number of hydrogen-bond donors (Lipinski definition) is 0. The zero-order valence-corrected chi connectivity index (χ0v) is 16.7. The van der Waals surface area contributed by atoms with Gasteiger partial charge in [0.15, 0.2) is 5.17 Å². The predicted octanol–water partition coefficient (Wildman–Crippen LogP) is 4.72. The molecule has 0 aliphatic carbocycles. The second kappa shape index (κ2) is 6.96. The molecule has 4 nitrogen and oxygen atoms in total. The summed E-state index contributed by atoms with van der Waals surface area (Å²) in [4.78, 5) is 19.3. The summed E-state index contributed by atoms with van der Waals surface area (Å²) in [6, 6.07) is 4.99. The fourth-order valence-electron chi connectivity index (χ4n) is 2.66. The van der Waals surface area contributed by atoms with Crippen LogP contribution in [0.5, 0.6) is 5.75 Å². The van der Waals surface area contributed by atoms with Gasteiger partial charge in [-0.15, -0.1) is 0 Å². The number of ether oxygens (including phenoxy) is 1. The first kappa shape index (κ1) is 19.1. The minimum absolute atomic E-state index is 0.0305. The van der Waals surface area contributed by atoms with E-state index in [4.69, 9.17) is 16.3 Å². The van der Waals surface area contributed by atoms with E-state index in [1.54, 1.807) is 30.0 Å². The molecule has 0 bridgehead atoms. The summed E-state index contributed by atoms with van der Waals surface area (Å²) in [5.74, 6) is 0.159. The van der Waals surface area contributed by atoms with E-state index < -0.39 is 0 Å². The van der Waals surface area contributed by atoms with Crippen molar-refractivity contribution in [1.29, 1.82) is 0 Å². The Morgan fingerprint density at radius 2 is 2.08 bits per heavy atom. The number of carbonyl (C=O) groups excluding carboxylic acids is 1. The van der Waals surface area contributed by atoms with Crippen LogP contribution in [0.1, 0.15) is 45.0 Å². The van der Waals surface area contributed by atoms with Gasteiger partial charge in [-0.05, 0) is 37.5 Å². The molecule has 0 radical (unpaired) electrons. The molecule has 0 spiro atoms. The second-order valence-corrected chi connectivity index (χ2v) is 9.93. The van der Waals surface area contributed by atoms with Crippen molar-refractivity contribution in [2.45, 2.75) is 39.4 Å². The summed E-state index contributed by atoms with van der Waals surface area (Å²) in [5.41, 5.74) is 0.511. The van der Waals surface area contributed by atoms with E-state index in [-0.39, 0.29) is 16.1 Å². The van der Waals surface area contributed by atoms with Crippen LogP contribution in [0.15, 0.2) is 23.2 Å². The topological polar surface area (TPSA) is 41.9 Å². The zero-order chi connectivity index (χ0) is 18.1. The van der Waals surface area contributed by atoms with E-state index in [1.807, 2.05) is 0 Å². The maximum Gasteiger partial charge on any atom is 0.283 e. The summed E-state index contributed by atoms with van der Waals surface area (Å²) in [6.45, 7) is 12.6. The van der Waals surface area contributed by atoms with E-state index in [2.05, 4.69) is 44.5 Å². The fourth-order valence-corrected chi connectivity index (χ4v) is 3.93. The minimum Gasteiger partial charge on any atom is -0.496 e. The van der Waals surface area contributed by atoms with Gasteiger partial charge in [-0.2, -0.15) is 4.99 Å². The minimum atomic E-state index is -0.326. The molecule has 1 aromatic rings. The van der Waals surface area contributed by atoms with Gasteiger partial charge in [0.25, 0.3) is 5.91 Å². The predicted molar refractivity (Wildman–Crippen MR) is 102 cm³/mol. The Kier molecular flexibility index (Phi) is 5.55. The highest BCUT2D eigenvalue weighted by atomic mass is 35.5. The summed E-state index contributed by atoms with van der Waals surface area (Å²) >= 11 is 7.66. The average molecular weight is 369 g/mol. The molecule has 1 fully saturated rings. The van der Waals surface area contributed by atoms with Crippen LogP contribution in [0.3, 0.4) is 0 Å². The maximum atomic E-state index is 12.7. The lowest BCUT2D eigenvalue weighted by atomic mass is 9.96. The van der Waals surface area contributed by atoms with Gasteiger partial charge in [0, 0.05) is 22.9 Å². The van der Waals surface area contributed by atoms with Crippen LogP contribution in [0.4, 0.5) is 0 Å². The molecule has 0 atom stereocenters. The van der Waals surface area contributed by atoms with Crippen LogP contribution >= 0.6 is 23.4 Å². The van der Waals surface area contributed by atoms with Crippen LogP contribution in [0, 0.1) is 5.41 Å². The lowest BCUT2D eigenvalue weighted by Gasteiger charge is -2.28. The molecule has 0 saturated carbocycles. The van der Waals surface area contributed by atoms with Gasteiger partial charge >= 0.3 is 0 Å². The van der Waals surface area contributed by atoms with Crippen molar-refractivity contribution >= 4 is 34.4 Å². The Morgan fingerprint density at radius 3 is 2.67 bits per heavy atom. The summed E-state index contributed by atoms with van der Waals surface area (Å²) < 4.78 is 5.30. The van der Waals surface area contributed by atoms with Gasteiger partial charge in [0.1, 0.15) is 5.75 Å². The Morgan fingerprint density at radius 1 is 1.42 bits per heavy atom. The highest BCUT2D eigenvalue weighted by molar-refractivity contribution is 8.15. The first-order valence-electron chi connectivity index (χ1n) is 7.91. The number of amidine groups is 1. The molecule has 1 aliphatic rings. The largest absolute Gasteiger partial charge is 0.496 e. The SMILES string of the molecule is COc1ccc(Cl)cc1C(=O)/N=C1\SC(C)(C)CN1CC(C)(C)C. The molecule has 0 aromatic heterocycles. The average Bonchev–Trinajstić information content (AvgIpc) is 2.70. The van der Waals surface area contributed by atoms with E-state index in [9.17, 15) is 4.79 Å². The number of hydrogen-bond acceptors (Lipinski definition) is 3. The number of halogens is 1. The van der Waals surface area contributed by atoms with Crippen molar-refractivity contribution in [2.75, 3.05) is 20.2 Å². The van der Waals surface area contributed by atoms with Crippen molar-refractivity contribution in [3.05, 3.63) is 28.8 Å². The number of rotatable bonds is 3. The summed E-state index contributed by atoms with van der Waals surface area (Å²) in [7, 11) is 1.53. The van der Waals surface area contributed by atoms with Crippen molar-refractivity contribution in [1.82, 2.24) is 4.90 Å². The van der Waals surface area contributed by atoms with Gasteiger partial charge in [0.05, 0.1) is 12.7 Å². The van der Waals surface area contributed by atoms with Gasteiger partial charge in [-0.25, -0.2) is 0 Å². The molecule has 132 valence electrons. The van der Waals surface area contributed by atoms with Crippen LogP contribution in [-0.4, -0.2) is 40.9 Å². The second-order valence-electron chi connectivity index (χ2n) is 7.82. The number of nitrogens with zero attached hydrogens (tertiary/aromatic N) is 2. The number of amides is 1. The lowest BCUT2D eigenvalue weighted by Crippen LogP contribution is -2.36. The molecule has 1 saturated heterocycles. The number of methoxy groups -OCH3 is 1. The maximum absolute atomic E-state index is 12.7. The molecule has 2 rings (SSSR count). The molecule has 1 aliphatic heterocycles. The van der Waals surface area contributed by atoms with Gasteiger partial charge < -0.3 is 9.64 Å². The highest BCUT2D eigenvalue weighted by Crippen LogP contribution is 2.37. The summed E-state index contributed by atoms with van der Waals surface area (Å²) in [6.07, 6.45) is 0. The molecule has 0 unspecified atom stereocenters. The van der Waals surface area contributed by atoms with Crippen molar-refractivity contribution in [3.63, 3.8) is 0 Å². The summed E-state index contributed by atoms with van der Waals surface area (Å²) in [5, 5.41) is 1.26. The molecule has 6 heteroatoms. The molecule has 1 aromatic carbocycles. The Balaban J connectivity index is 2.33.